The molecule has 1 saturated heterocycles. The number of carbonyl (C=O) groups is 2. The molecule has 1 aliphatic carbocycles. The van der Waals surface area contributed by atoms with Gasteiger partial charge in [0.2, 0.25) is 11.8 Å². The molecule has 1 spiro atoms. The zero-order chi connectivity index (χ0) is 27.8. The van der Waals surface area contributed by atoms with Crippen molar-refractivity contribution in [3.8, 4) is 0 Å². The monoisotopic (exact) mass is 565 g/mol. The molecule has 204 valence electrons. The van der Waals surface area contributed by atoms with Crippen molar-refractivity contribution in [3.05, 3.63) is 63.1 Å². The molecule has 2 fully saturated rings. The van der Waals surface area contributed by atoms with Gasteiger partial charge in [-0.15, -0.1) is 0 Å². The summed E-state index contributed by atoms with van der Waals surface area (Å²) in [5, 5.41) is 19.0. The number of hydrogen-bond acceptors (Lipinski definition) is 4. The Kier molecular flexibility index (Phi) is 6.58. The van der Waals surface area contributed by atoms with Crippen molar-refractivity contribution >= 4 is 40.7 Å². The summed E-state index contributed by atoms with van der Waals surface area (Å²) < 4.78 is 30.7. The van der Waals surface area contributed by atoms with E-state index in [0.717, 1.165) is 0 Å². The summed E-state index contributed by atoms with van der Waals surface area (Å²) >= 11 is 12.2. The Morgan fingerprint density at radius 3 is 2.50 bits per heavy atom. The molecular formula is C28H31Cl2F2N3O3. The first-order chi connectivity index (χ1) is 17.6. The lowest BCUT2D eigenvalue weighted by Gasteiger charge is -2.42. The topological polar surface area (TPSA) is 90.5 Å². The van der Waals surface area contributed by atoms with Gasteiger partial charge in [0, 0.05) is 23.7 Å². The molecule has 2 aliphatic heterocycles. The number of halogens is 4. The summed E-state index contributed by atoms with van der Waals surface area (Å²) in [4.78, 5) is 27.9. The highest BCUT2D eigenvalue weighted by atomic mass is 35.5. The molecule has 5 rings (SSSR count). The molecule has 4 N–H and O–H groups in total. The van der Waals surface area contributed by atoms with E-state index in [-0.39, 0.29) is 27.1 Å². The van der Waals surface area contributed by atoms with E-state index in [2.05, 4.69) is 16.0 Å². The Morgan fingerprint density at radius 2 is 1.87 bits per heavy atom. The molecule has 0 unspecified atom stereocenters. The summed E-state index contributed by atoms with van der Waals surface area (Å²) in [6.07, 6.45) is 1.18. The van der Waals surface area contributed by atoms with Gasteiger partial charge in [-0.05, 0) is 60.9 Å². The van der Waals surface area contributed by atoms with E-state index in [9.17, 15) is 19.1 Å². The van der Waals surface area contributed by atoms with E-state index in [4.69, 9.17) is 23.2 Å². The number of rotatable bonds is 4. The van der Waals surface area contributed by atoms with Crippen LogP contribution in [-0.2, 0) is 15.0 Å². The highest BCUT2D eigenvalue weighted by Gasteiger charge is 2.66. The van der Waals surface area contributed by atoms with Gasteiger partial charge in [0.25, 0.3) is 0 Å². The van der Waals surface area contributed by atoms with Crippen LogP contribution in [0.3, 0.4) is 0 Å². The van der Waals surface area contributed by atoms with E-state index >= 15 is 4.39 Å². The maximum atomic E-state index is 15.7. The first kappa shape index (κ1) is 27.3. The van der Waals surface area contributed by atoms with E-state index in [0.29, 0.717) is 30.5 Å². The summed E-state index contributed by atoms with van der Waals surface area (Å²) in [5.41, 5.74) is -1.99. The molecule has 1 saturated carbocycles. The van der Waals surface area contributed by atoms with Gasteiger partial charge in [-0.2, -0.15) is 0 Å². The predicted molar refractivity (Wildman–Crippen MR) is 142 cm³/mol. The van der Waals surface area contributed by atoms with Crippen LogP contribution in [0.1, 0.15) is 64.0 Å². The molecule has 2 heterocycles. The van der Waals surface area contributed by atoms with Gasteiger partial charge >= 0.3 is 0 Å². The largest absolute Gasteiger partial charge is 0.390 e. The van der Waals surface area contributed by atoms with Gasteiger partial charge in [-0.25, -0.2) is 8.78 Å². The molecule has 0 radical (unpaired) electrons. The van der Waals surface area contributed by atoms with E-state index in [1.165, 1.54) is 24.3 Å². The second kappa shape index (κ2) is 9.15. The van der Waals surface area contributed by atoms with Gasteiger partial charge < -0.3 is 21.1 Å². The van der Waals surface area contributed by atoms with Crippen molar-refractivity contribution < 1.29 is 23.5 Å². The van der Waals surface area contributed by atoms with Crippen LogP contribution in [0.25, 0.3) is 0 Å². The summed E-state index contributed by atoms with van der Waals surface area (Å²) in [5.74, 6) is -3.41. The second-order valence-electron chi connectivity index (χ2n) is 12.3. The Labute approximate surface area is 230 Å². The highest BCUT2D eigenvalue weighted by molar-refractivity contribution is 6.31. The number of anilines is 1. The van der Waals surface area contributed by atoms with Crippen molar-refractivity contribution in [2.45, 2.75) is 82.0 Å². The standard InChI is InChI=1S/C28H31Cl2F2N3O3/c1-26(2,3)12-20-28(15-8-18(31)17(30)9-19(15)34-25(28)37)21(14-6-5-7-16(29)22(14)32)23(35-20)24(36)33-13-10-27(4,38)11-13/h5-9,13,20-21,23,35,38H,10-12H2,1-4H3,(H,33,36)(H,34,37)/t13?,20-,21+,23-,27?,28+/m1/s1. The molecule has 0 aromatic heterocycles. The third kappa shape index (κ3) is 4.39. The Hall–Kier alpha value is -2.26. The lowest BCUT2D eigenvalue weighted by atomic mass is 9.62. The van der Waals surface area contributed by atoms with Crippen LogP contribution in [0.2, 0.25) is 10.0 Å². The molecule has 2 aromatic rings. The molecule has 2 amide bonds. The molecule has 38 heavy (non-hydrogen) atoms. The first-order valence-electron chi connectivity index (χ1n) is 12.7. The molecule has 10 heteroatoms. The van der Waals surface area contributed by atoms with Crippen LogP contribution in [-0.4, -0.2) is 40.6 Å². The Morgan fingerprint density at radius 1 is 1.18 bits per heavy atom. The van der Waals surface area contributed by atoms with Crippen LogP contribution in [0, 0.1) is 17.0 Å². The maximum absolute atomic E-state index is 15.7. The Balaban J connectivity index is 1.71. The van der Waals surface area contributed by atoms with Crippen molar-refractivity contribution in [1.82, 2.24) is 10.6 Å². The van der Waals surface area contributed by atoms with Gasteiger partial charge in [-0.3, -0.25) is 9.59 Å². The fourth-order valence-corrected chi connectivity index (χ4v) is 6.90. The van der Waals surface area contributed by atoms with Crippen LogP contribution in [0.4, 0.5) is 14.5 Å². The summed E-state index contributed by atoms with van der Waals surface area (Å²) in [6, 6.07) is 5.08. The predicted octanol–water partition coefficient (Wildman–Crippen LogP) is 5.05. The lowest BCUT2D eigenvalue weighted by molar-refractivity contribution is -0.127. The second-order valence-corrected chi connectivity index (χ2v) is 13.1. The minimum absolute atomic E-state index is 0.0838. The van der Waals surface area contributed by atoms with E-state index in [1.54, 1.807) is 13.0 Å². The quantitative estimate of drug-likeness (QED) is 0.417. The van der Waals surface area contributed by atoms with Crippen LogP contribution < -0.4 is 16.0 Å². The zero-order valence-corrected chi connectivity index (χ0v) is 23.1. The zero-order valence-electron chi connectivity index (χ0n) is 21.6. The normalized spacial score (nSPS) is 32.2. The smallest absolute Gasteiger partial charge is 0.238 e. The van der Waals surface area contributed by atoms with E-state index in [1.807, 2.05) is 20.8 Å². The van der Waals surface area contributed by atoms with Crippen LogP contribution in [0.15, 0.2) is 30.3 Å². The van der Waals surface area contributed by atoms with Gasteiger partial charge in [-0.1, -0.05) is 56.1 Å². The molecule has 4 atom stereocenters. The summed E-state index contributed by atoms with van der Waals surface area (Å²) in [7, 11) is 0. The minimum Gasteiger partial charge on any atom is -0.390 e. The van der Waals surface area contributed by atoms with Gasteiger partial charge in [0.15, 0.2) is 0 Å². The number of amides is 2. The van der Waals surface area contributed by atoms with Crippen molar-refractivity contribution in [2.24, 2.45) is 5.41 Å². The van der Waals surface area contributed by atoms with Crippen molar-refractivity contribution in [1.29, 1.82) is 0 Å². The summed E-state index contributed by atoms with van der Waals surface area (Å²) in [6.45, 7) is 7.69. The minimum atomic E-state index is -1.54. The number of aliphatic hydroxyl groups is 1. The third-order valence-corrected chi connectivity index (χ3v) is 8.60. The lowest BCUT2D eigenvalue weighted by Crippen LogP contribution is -2.57. The number of carbonyl (C=O) groups excluding carboxylic acids is 2. The average molecular weight is 566 g/mol. The average Bonchev–Trinajstić information content (AvgIpc) is 3.24. The van der Waals surface area contributed by atoms with Crippen LogP contribution >= 0.6 is 23.2 Å². The first-order valence-corrected chi connectivity index (χ1v) is 13.4. The Bertz CT molecular complexity index is 1320. The van der Waals surface area contributed by atoms with Gasteiger partial charge in [0.1, 0.15) is 17.0 Å². The van der Waals surface area contributed by atoms with Gasteiger partial charge in [0.05, 0.1) is 21.7 Å². The number of fused-ring (bicyclic) bond motifs is 2. The highest BCUT2D eigenvalue weighted by Crippen LogP contribution is 2.57. The van der Waals surface area contributed by atoms with Crippen molar-refractivity contribution in [2.75, 3.05) is 5.32 Å². The fourth-order valence-electron chi connectivity index (χ4n) is 6.56. The molecule has 3 aliphatic rings. The number of benzene rings is 2. The molecule has 0 bridgehead atoms. The number of hydrogen-bond donors (Lipinski definition) is 4. The molecule has 6 nitrogen and oxygen atoms in total. The van der Waals surface area contributed by atoms with E-state index < -0.39 is 52.5 Å². The molecule has 2 aromatic carbocycles. The van der Waals surface area contributed by atoms with Crippen LogP contribution in [0.5, 0.6) is 0 Å². The van der Waals surface area contributed by atoms with Crippen molar-refractivity contribution in [3.63, 3.8) is 0 Å². The third-order valence-electron chi connectivity index (χ3n) is 8.02. The fraction of sp³-hybridized carbons (Fsp3) is 0.500. The molecular weight excluding hydrogens is 535 g/mol. The maximum Gasteiger partial charge on any atom is 0.238 e. The number of nitrogens with one attached hydrogen (secondary N) is 3. The SMILES string of the molecule is CC(C)(C)C[C@H]1N[C@@H](C(=O)NC2CC(C)(O)C2)[C@H](c2cccc(Cl)c2F)[C@@]12C(=O)Nc1cc(Cl)c(F)cc12.